The number of aryl methyl sites for hydroxylation is 1. The molecule has 0 N–H and O–H groups in total. The molecule has 0 amide bonds. The lowest BCUT2D eigenvalue weighted by molar-refractivity contribution is -0.143. The van der Waals surface area contributed by atoms with Gasteiger partial charge in [-0.25, -0.2) is 0 Å². The Balaban J connectivity index is 1.37. The summed E-state index contributed by atoms with van der Waals surface area (Å²) in [6.45, 7) is 3.02. The number of hydrogen-bond acceptors (Lipinski definition) is 3. The van der Waals surface area contributed by atoms with Crippen LogP contribution < -0.4 is 0 Å². The molecule has 0 aliphatic rings. The molecule has 1 aromatic heterocycles. The number of esters is 1. The Morgan fingerprint density at radius 3 is 2.43 bits per heavy atom. The number of para-hydroxylation sites is 1. The number of hydrogen-bond donors (Lipinski definition) is 0. The van der Waals surface area contributed by atoms with Crippen LogP contribution in [0.1, 0.15) is 25.3 Å². The van der Waals surface area contributed by atoms with E-state index < -0.39 is 0 Å². The predicted molar refractivity (Wildman–Crippen MR) is 145 cm³/mol. The van der Waals surface area contributed by atoms with Gasteiger partial charge in [0.2, 0.25) is 0 Å². The Bertz CT molecular complexity index is 1690. The fourth-order valence-corrected chi connectivity index (χ4v) is 5.16. The average Bonchev–Trinajstić information content (AvgIpc) is 3.24. The molecule has 0 spiro atoms. The highest BCUT2D eigenvalue weighted by molar-refractivity contribution is 6.25. The van der Waals surface area contributed by atoms with Crippen LogP contribution in [0.2, 0.25) is 0 Å². The molecule has 6 rings (SSSR count). The van der Waals surface area contributed by atoms with Gasteiger partial charge in [0, 0.05) is 47.2 Å². The number of aliphatic imine (C=N–C) groups is 1. The van der Waals surface area contributed by atoms with Crippen LogP contribution in [0.4, 0.5) is 5.69 Å². The van der Waals surface area contributed by atoms with Crippen LogP contribution in [-0.2, 0) is 16.1 Å². The van der Waals surface area contributed by atoms with Gasteiger partial charge in [0.25, 0.3) is 0 Å². The minimum absolute atomic E-state index is 0.139. The predicted octanol–water partition coefficient (Wildman–Crippen LogP) is 7.63. The summed E-state index contributed by atoms with van der Waals surface area (Å²) in [5, 5.41) is 8.66. The van der Waals surface area contributed by atoms with Crippen molar-refractivity contribution in [3.63, 3.8) is 0 Å². The lowest BCUT2D eigenvalue weighted by Crippen LogP contribution is -2.05. The number of rotatable bonds is 7. The van der Waals surface area contributed by atoms with Crippen molar-refractivity contribution in [1.82, 2.24) is 4.57 Å². The number of fused-ring (bicyclic) bond motifs is 1. The lowest BCUT2D eigenvalue weighted by Gasteiger charge is -2.11. The van der Waals surface area contributed by atoms with Crippen molar-refractivity contribution in [1.29, 1.82) is 0 Å². The zero-order valence-electron chi connectivity index (χ0n) is 19.7. The molecule has 1 heterocycles. The summed E-state index contributed by atoms with van der Waals surface area (Å²) in [7, 11) is 0. The van der Waals surface area contributed by atoms with Crippen molar-refractivity contribution in [2.75, 3.05) is 6.61 Å². The first-order valence-corrected chi connectivity index (χ1v) is 12.2. The van der Waals surface area contributed by atoms with Crippen LogP contribution in [0.5, 0.6) is 0 Å². The second kappa shape index (κ2) is 8.88. The second-order valence-corrected chi connectivity index (χ2v) is 8.90. The van der Waals surface area contributed by atoms with E-state index in [1.54, 1.807) is 0 Å². The zero-order valence-corrected chi connectivity index (χ0v) is 19.7. The van der Waals surface area contributed by atoms with Gasteiger partial charge < -0.3 is 9.30 Å². The SMILES string of the molecule is CCOC(=O)CCCn1cc(C=Nc2ccc3ccc4cccc5ccc2c3c45)c2ccccc21. The van der Waals surface area contributed by atoms with Crippen molar-refractivity contribution in [3.8, 4) is 0 Å². The number of nitrogens with zero attached hydrogens (tertiary/aromatic N) is 2. The fraction of sp³-hybridized carbons (Fsp3) is 0.161. The molecular formula is C31H26N2O2. The molecule has 0 saturated carbocycles. The Morgan fingerprint density at radius 2 is 1.60 bits per heavy atom. The first kappa shape index (κ1) is 21.4. The van der Waals surface area contributed by atoms with Gasteiger partial charge >= 0.3 is 5.97 Å². The van der Waals surface area contributed by atoms with E-state index in [-0.39, 0.29) is 5.97 Å². The molecule has 0 aliphatic carbocycles. The first-order valence-electron chi connectivity index (χ1n) is 12.2. The molecule has 0 atom stereocenters. The summed E-state index contributed by atoms with van der Waals surface area (Å²) < 4.78 is 7.28. The third kappa shape index (κ3) is 3.81. The van der Waals surface area contributed by atoms with Crippen molar-refractivity contribution in [2.45, 2.75) is 26.3 Å². The molecule has 4 heteroatoms. The standard InChI is InChI=1S/C31H26N2O2/c1-2-35-29(34)11-6-18-33-20-24(25-9-3-4-10-28(25)33)19-32-27-17-15-23-13-12-21-7-5-8-22-14-16-26(27)31(23)30(21)22/h3-5,7-10,12-17,19-20H,2,6,11,18H2,1H3. The lowest BCUT2D eigenvalue weighted by atomic mass is 9.93. The number of ether oxygens (including phenoxy) is 1. The van der Waals surface area contributed by atoms with Crippen LogP contribution in [-0.4, -0.2) is 23.4 Å². The third-order valence-electron chi connectivity index (χ3n) is 6.75. The molecule has 172 valence electrons. The van der Waals surface area contributed by atoms with Gasteiger partial charge in [-0.1, -0.05) is 66.7 Å². The van der Waals surface area contributed by atoms with Gasteiger partial charge in [0.15, 0.2) is 0 Å². The van der Waals surface area contributed by atoms with Gasteiger partial charge in [-0.05, 0) is 52.4 Å². The van der Waals surface area contributed by atoms with Gasteiger partial charge in [-0.15, -0.1) is 0 Å². The van der Waals surface area contributed by atoms with E-state index in [4.69, 9.17) is 9.73 Å². The molecule has 5 aromatic carbocycles. The summed E-state index contributed by atoms with van der Waals surface area (Å²) in [6.07, 6.45) is 5.27. The maximum absolute atomic E-state index is 11.7. The number of benzene rings is 5. The van der Waals surface area contributed by atoms with E-state index in [0.717, 1.165) is 35.1 Å². The van der Waals surface area contributed by atoms with Crippen LogP contribution >= 0.6 is 0 Å². The Labute approximate surface area is 203 Å². The minimum atomic E-state index is -0.139. The molecule has 0 saturated heterocycles. The molecule has 35 heavy (non-hydrogen) atoms. The van der Waals surface area contributed by atoms with Gasteiger partial charge in [0.05, 0.1) is 12.3 Å². The Kier molecular flexibility index (Phi) is 5.42. The Hall–Kier alpha value is -4.18. The van der Waals surface area contributed by atoms with Gasteiger partial charge in [-0.3, -0.25) is 9.79 Å². The van der Waals surface area contributed by atoms with Crippen molar-refractivity contribution in [2.24, 2.45) is 4.99 Å². The normalized spacial score (nSPS) is 12.0. The summed E-state index contributed by atoms with van der Waals surface area (Å²) in [5.41, 5.74) is 3.19. The van der Waals surface area contributed by atoms with Crippen LogP contribution in [0.3, 0.4) is 0 Å². The van der Waals surface area contributed by atoms with E-state index in [9.17, 15) is 4.79 Å². The molecule has 0 aliphatic heterocycles. The summed E-state index contributed by atoms with van der Waals surface area (Å²) >= 11 is 0. The van der Waals surface area contributed by atoms with Crippen LogP contribution in [0, 0.1) is 0 Å². The van der Waals surface area contributed by atoms with Crippen LogP contribution in [0.15, 0.2) is 90.1 Å². The molecule has 0 bridgehead atoms. The fourth-order valence-electron chi connectivity index (χ4n) is 5.16. The summed E-state index contributed by atoms with van der Waals surface area (Å²) in [6, 6.07) is 27.9. The minimum Gasteiger partial charge on any atom is -0.466 e. The topological polar surface area (TPSA) is 43.6 Å². The number of carbonyl (C=O) groups is 1. The van der Waals surface area contributed by atoms with Gasteiger partial charge in [-0.2, -0.15) is 0 Å². The molecular weight excluding hydrogens is 432 g/mol. The smallest absolute Gasteiger partial charge is 0.305 e. The largest absolute Gasteiger partial charge is 0.466 e. The number of aromatic nitrogens is 1. The van der Waals surface area contributed by atoms with E-state index >= 15 is 0 Å². The van der Waals surface area contributed by atoms with Gasteiger partial charge in [0.1, 0.15) is 0 Å². The molecule has 0 fully saturated rings. The second-order valence-electron chi connectivity index (χ2n) is 8.90. The molecule has 0 unspecified atom stereocenters. The monoisotopic (exact) mass is 458 g/mol. The quantitative estimate of drug-likeness (QED) is 0.140. The highest BCUT2D eigenvalue weighted by atomic mass is 16.5. The van der Waals surface area contributed by atoms with E-state index in [2.05, 4.69) is 83.6 Å². The first-order chi connectivity index (χ1) is 17.2. The van der Waals surface area contributed by atoms with E-state index in [0.29, 0.717) is 13.0 Å². The highest BCUT2D eigenvalue weighted by Gasteiger charge is 2.11. The molecule has 4 nitrogen and oxygen atoms in total. The van der Waals surface area contributed by atoms with E-state index in [1.807, 2.05) is 19.2 Å². The van der Waals surface area contributed by atoms with E-state index in [1.165, 1.54) is 32.3 Å². The summed E-state index contributed by atoms with van der Waals surface area (Å²) in [4.78, 5) is 16.7. The zero-order chi connectivity index (χ0) is 23.8. The van der Waals surface area contributed by atoms with Crippen LogP contribution in [0.25, 0.3) is 43.2 Å². The third-order valence-corrected chi connectivity index (χ3v) is 6.75. The number of carbonyl (C=O) groups excluding carboxylic acids is 1. The van der Waals surface area contributed by atoms with Crippen molar-refractivity contribution in [3.05, 3.63) is 90.6 Å². The summed E-state index contributed by atoms with van der Waals surface area (Å²) in [5.74, 6) is -0.139. The maximum atomic E-state index is 11.7. The molecule has 6 aromatic rings. The molecule has 0 radical (unpaired) electrons. The Morgan fingerprint density at radius 1 is 0.857 bits per heavy atom. The maximum Gasteiger partial charge on any atom is 0.305 e. The van der Waals surface area contributed by atoms with Crippen molar-refractivity contribution >= 4 is 61.1 Å². The average molecular weight is 459 g/mol. The highest BCUT2D eigenvalue weighted by Crippen LogP contribution is 2.38. The van der Waals surface area contributed by atoms with Crippen molar-refractivity contribution < 1.29 is 9.53 Å².